The Kier molecular flexibility index (Phi) is 6.24. The maximum atomic E-state index is 14.2. The van der Waals surface area contributed by atoms with E-state index in [1.807, 2.05) is 12.1 Å². The van der Waals surface area contributed by atoms with Crippen LogP contribution in [0.4, 0.5) is 25.8 Å². The van der Waals surface area contributed by atoms with Crippen molar-refractivity contribution < 1.29 is 9.18 Å². The number of benzene rings is 1. The van der Waals surface area contributed by atoms with Gasteiger partial charge in [0, 0.05) is 31.0 Å². The Hall–Kier alpha value is -3.30. The number of halogens is 2. The molecule has 3 aromatic heterocycles. The van der Waals surface area contributed by atoms with Crippen LogP contribution < -0.4 is 15.5 Å². The Labute approximate surface area is 186 Å². The molecule has 2 amide bonds. The van der Waals surface area contributed by atoms with Crippen LogP contribution in [0.1, 0.15) is 5.56 Å². The third-order valence-corrected chi connectivity index (χ3v) is 5.64. The van der Waals surface area contributed by atoms with Gasteiger partial charge in [-0.2, -0.15) is 0 Å². The monoisotopic (exact) mass is 456 g/mol. The predicted molar refractivity (Wildman–Crippen MR) is 122 cm³/mol. The summed E-state index contributed by atoms with van der Waals surface area (Å²) in [7, 11) is 1.72. The van der Waals surface area contributed by atoms with Gasteiger partial charge in [0.1, 0.15) is 22.0 Å². The molecule has 0 saturated heterocycles. The van der Waals surface area contributed by atoms with Gasteiger partial charge < -0.3 is 10.2 Å². The van der Waals surface area contributed by atoms with Gasteiger partial charge in [0.25, 0.3) is 0 Å². The first-order chi connectivity index (χ1) is 15.0. The number of pyridine rings is 2. The van der Waals surface area contributed by atoms with E-state index in [1.54, 1.807) is 48.6 Å². The summed E-state index contributed by atoms with van der Waals surface area (Å²) < 4.78 is 14.2. The van der Waals surface area contributed by atoms with Gasteiger partial charge in [0.2, 0.25) is 0 Å². The van der Waals surface area contributed by atoms with E-state index < -0.39 is 5.82 Å². The molecule has 0 atom stereocenters. The lowest BCUT2D eigenvalue weighted by molar-refractivity contribution is 0.252. The minimum atomic E-state index is -0.438. The topological polar surface area (TPSA) is 83.0 Å². The normalized spacial score (nSPS) is 10.8. The van der Waals surface area contributed by atoms with Gasteiger partial charge in [-0.15, -0.1) is 0 Å². The number of carbonyl (C=O) groups excluding carboxylic acids is 1. The molecule has 0 bridgehead atoms. The van der Waals surface area contributed by atoms with Gasteiger partial charge in [0.05, 0.1) is 5.69 Å². The van der Waals surface area contributed by atoms with Crippen LogP contribution in [0, 0.1) is 5.82 Å². The smallest absolute Gasteiger partial charge is 0.321 e. The van der Waals surface area contributed by atoms with Crippen LogP contribution in [0.15, 0.2) is 54.9 Å². The summed E-state index contributed by atoms with van der Waals surface area (Å²) in [5.41, 5.74) is 2.09. The van der Waals surface area contributed by atoms with E-state index >= 15 is 0 Å². The average Bonchev–Trinajstić information content (AvgIpc) is 3.15. The van der Waals surface area contributed by atoms with Crippen LogP contribution in [0.25, 0.3) is 10.3 Å². The van der Waals surface area contributed by atoms with Crippen molar-refractivity contribution in [1.29, 1.82) is 0 Å². The standard InChI is InChI=1S/C21H18ClFN6OS/c1-29(17-4-2-14(22)12-15(17)23)18-5-3-16-19(27-18)31-21(26-16)28-20(30)25-11-8-13-6-9-24-10-7-13/h2-7,9-10,12H,8,11H2,1H3,(H2,25,26,28,30). The number of thiazole rings is 1. The first-order valence-electron chi connectivity index (χ1n) is 9.40. The number of amides is 2. The third-order valence-electron chi connectivity index (χ3n) is 4.52. The number of fused-ring (bicyclic) bond motifs is 1. The number of aromatic nitrogens is 3. The van der Waals surface area contributed by atoms with Crippen LogP contribution in [0.5, 0.6) is 0 Å². The number of nitrogens with one attached hydrogen (secondary N) is 2. The fourth-order valence-electron chi connectivity index (χ4n) is 2.94. The minimum Gasteiger partial charge on any atom is -0.337 e. The molecule has 1 aromatic carbocycles. The summed E-state index contributed by atoms with van der Waals surface area (Å²) in [4.78, 5) is 27.3. The highest BCUT2D eigenvalue weighted by Gasteiger charge is 2.14. The van der Waals surface area contributed by atoms with Gasteiger partial charge in [0.15, 0.2) is 5.13 Å². The molecular formula is C21H18ClFN6OS. The second-order valence-electron chi connectivity index (χ2n) is 6.65. The van der Waals surface area contributed by atoms with Crippen molar-refractivity contribution in [3.05, 3.63) is 71.3 Å². The zero-order valence-electron chi connectivity index (χ0n) is 16.5. The first-order valence-corrected chi connectivity index (χ1v) is 10.6. The molecule has 2 N–H and O–H groups in total. The van der Waals surface area contributed by atoms with E-state index in [2.05, 4.69) is 25.6 Å². The molecule has 7 nitrogen and oxygen atoms in total. The first kappa shape index (κ1) is 21.0. The van der Waals surface area contributed by atoms with Gasteiger partial charge in [-0.1, -0.05) is 22.9 Å². The highest BCUT2D eigenvalue weighted by Crippen LogP contribution is 2.30. The maximum Gasteiger partial charge on any atom is 0.321 e. The van der Waals surface area contributed by atoms with Crippen LogP contribution in [0.3, 0.4) is 0 Å². The molecule has 0 saturated carbocycles. The molecule has 0 aliphatic rings. The van der Waals surface area contributed by atoms with Gasteiger partial charge in [-0.3, -0.25) is 10.3 Å². The summed E-state index contributed by atoms with van der Waals surface area (Å²) in [5.74, 6) is 0.109. The number of hydrogen-bond acceptors (Lipinski definition) is 6. The Morgan fingerprint density at radius 1 is 1.16 bits per heavy atom. The van der Waals surface area contributed by atoms with E-state index in [4.69, 9.17) is 11.6 Å². The van der Waals surface area contributed by atoms with Crippen LogP contribution in [-0.2, 0) is 6.42 Å². The molecule has 0 radical (unpaired) electrons. The van der Waals surface area contributed by atoms with Crippen molar-refractivity contribution in [2.75, 3.05) is 23.8 Å². The van der Waals surface area contributed by atoms with Crippen molar-refractivity contribution in [1.82, 2.24) is 20.3 Å². The molecule has 0 aliphatic carbocycles. The SMILES string of the molecule is CN(c1ccc2nc(NC(=O)NCCc3ccncc3)sc2n1)c1ccc(Cl)cc1F. The molecule has 0 aliphatic heterocycles. The molecule has 0 unspecified atom stereocenters. The minimum absolute atomic E-state index is 0.329. The summed E-state index contributed by atoms with van der Waals surface area (Å²) >= 11 is 7.07. The van der Waals surface area contributed by atoms with Crippen molar-refractivity contribution in [3.8, 4) is 0 Å². The zero-order valence-corrected chi connectivity index (χ0v) is 18.0. The molecule has 4 aromatic rings. The fraction of sp³-hybridized carbons (Fsp3) is 0.143. The summed E-state index contributed by atoms with van der Waals surface area (Å²) in [6.07, 6.45) is 4.14. The number of urea groups is 1. The van der Waals surface area contributed by atoms with E-state index in [0.717, 1.165) is 5.56 Å². The number of carbonyl (C=O) groups is 1. The van der Waals surface area contributed by atoms with Crippen LogP contribution in [0.2, 0.25) is 5.02 Å². The molecule has 158 valence electrons. The molecule has 3 heterocycles. The lowest BCUT2D eigenvalue weighted by Gasteiger charge is -2.18. The van der Waals surface area contributed by atoms with Gasteiger partial charge in [-0.05, 0) is 54.4 Å². The highest BCUT2D eigenvalue weighted by molar-refractivity contribution is 7.22. The van der Waals surface area contributed by atoms with Crippen LogP contribution >= 0.6 is 22.9 Å². The van der Waals surface area contributed by atoms with Crippen molar-refractivity contribution in [2.45, 2.75) is 6.42 Å². The Morgan fingerprint density at radius 3 is 2.74 bits per heavy atom. The largest absolute Gasteiger partial charge is 0.337 e. The molecule has 31 heavy (non-hydrogen) atoms. The number of anilines is 3. The Balaban J connectivity index is 1.41. The zero-order chi connectivity index (χ0) is 21.8. The van der Waals surface area contributed by atoms with Crippen molar-refractivity contribution in [3.63, 3.8) is 0 Å². The highest BCUT2D eigenvalue weighted by atomic mass is 35.5. The van der Waals surface area contributed by atoms with E-state index in [-0.39, 0.29) is 6.03 Å². The van der Waals surface area contributed by atoms with Crippen molar-refractivity contribution >= 4 is 56.0 Å². The fourth-order valence-corrected chi connectivity index (χ4v) is 3.92. The molecule has 0 spiro atoms. The average molecular weight is 457 g/mol. The maximum absolute atomic E-state index is 14.2. The molecule has 4 rings (SSSR count). The van der Waals surface area contributed by atoms with Gasteiger partial charge in [-0.25, -0.2) is 19.2 Å². The second-order valence-corrected chi connectivity index (χ2v) is 8.07. The Bertz CT molecular complexity index is 1220. The van der Waals surface area contributed by atoms with E-state index in [9.17, 15) is 9.18 Å². The summed E-state index contributed by atoms with van der Waals surface area (Å²) in [5, 5.41) is 6.29. The summed E-state index contributed by atoms with van der Waals surface area (Å²) in [6, 6.07) is 11.5. The van der Waals surface area contributed by atoms with Gasteiger partial charge >= 0.3 is 6.03 Å². The van der Waals surface area contributed by atoms with Crippen molar-refractivity contribution in [2.24, 2.45) is 0 Å². The molecule has 10 heteroatoms. The number of nitrogens with zero attached hydrogens (tertiary/aromatic N) is 4. The van der Waals surface area contributed by atoms with Crippen LogP contribution in [-0.4, -0.2) is 34.6 Å². The molecular weight excluding hydrogens is 439 g/mol. The number of hydrogen-bond donors (Lipinski definition) is 2. The number of rotatable bonds is 6. The second kappa shape index (κ2) is 9.23. The predicted octanol–water partition coefficient (Wildman–Crippen LogP) is 5.01. The lowest BCUT2D eigenvalue weighted by Crippen LogP contribution is -2.30. The lowest BCUT2D eigenvalue weighted by atomic mass is 10.2. The molecule has 0 fully saturated rings. The Morgan fingerprint density at radius 2 is 1.97 bits per heavy atom. The van der Waals surface area contributed by atoms with E-state index in [1.165, 1.54) is 17.4 Å². The quantitative estimate of drug-likeness (QED) is 0.426. The third kappa shape index (κ3) is 5.07. The van der Waals surface area contributed by atoms with E-state index in [0.29, 0.717) is 45.0 Å². The summed E-state index contributed by atoms with van der Waals surface area (Å²) in [6.45, 7) is 0.487.